The van der Waals surface area contributed by atoms with Gasteiger partial charge in [-0.05, 0) is 132 Å². The van der Waals surface area contributed by atoms with Gasteiger partial charge in [-0.2, -0.15) is 0 Å². The predicted octanol–water partition coefficient (Wildman–Crippen LogP) is 10.9. The number of allylic oxidation sites excluding steroid dienone is 3. The lowest BCUT2D eigenvalue weighted by atomic mass is 9.90. The van der Waals surface area contributed by atoms with Crippen LogP contribution in [0.3, 0.4) is 0 Å². The summed E-state index contributed by atoms with van der Waals surface area (Å²) < 4.78 is 0. The van der Waals surface area contributed by atoms with Crippen LogP contribution in [-0.4, -0.2) is 52.4 Å². The summed E-state index contributed by atoms with van der Waals surface area (Å²) in [5.41, 5.74) is 11.3. The van der Waals surface area contributed by atoms with Gasteiger partial charge in [0.15, 0.2) is 0 Å². The Morgan fingerprint density at radius 1 is 0.408 bits per heavy atom. The third-order valence-electron chi connectivity index (χ3n) is 9.94. The average molecular weight is 657 g/mol. The van der Waals surface area contributed by atoms with Crippen molar-refractivity contribution in [2.45, 2.75) is 61.3 Å². The molecule has 0 aliphatic rings. The van der Waals surface area contributed by atoms with E-state index < -0.39 is 0 Å². The molecule has 0 spiro atoms. The first kappa shape index (κ1) is 37.4. The van der Waals surface area contributed by atoms with Crippen LogP contribution in [0.25, 0.3) is 5.57 Å². The van der Waals surface area contributed by atoms with E-state index in [1.165, 1.54) is 50.6 Å². The predicted molar refractivity (Wildman–Crippen MR) is 218 cm³/mol. The van der Waals surface area contributed by atoms with Crippen molar-refractivity contribution in [3.8, 4) is 0 Å². The molecule has 0 heterocycles. The van der Waals surface area contributed by atoms with E-state index >= 15 is 0 Å². The van der Waals surface area contributed by atoms with Crippen LogP contribution in [0.15, 0.2) is 115 Å². The molecule has 260 valence electrons. The van der Waals surface area contributed by atoms with Gasteiger partial charge >= 0.3 is 0 Å². The fraction of sp³-hybridized carbons (Fsp3) is 0.378. The molecule has 0 aliphatic carbocycles. The Morgan fingerprint density at radius 3 is 0.939 bits per heavy atom. The lowest BCUT2D eigenvalue weighted by molar-refractivity contribution is 0.863. The van der Waals surface area contributed by atoms with Crippen LogP contribution in [0, 0.1) is 0 Å². The second-order valence-electron chi connectivity index (χ2n) is 12.4. The molecule has 0 unspecified atom stereocenters. The molecule has 0 saturated heterocycles. The van der Waals surface area contributed by atoms with Crippen molar-refractivity contribution in [1.82, 2.24) is 0 Å². The van der Waals surface area contributed by atoms with E-state index in [9.17, 15) is 0 Å². The Bertz CT molecular complexity index is 1460. The summed E-state index contributed by atoms with van der Waals surface area (Å²) in [6.07, 6.45) is 6.95. The minimum atomic E-state index is 0.129. The molecule has 0 atom stereocenters. The quantitative estimate of drug-likeness (QED) is 0.0988. The topological polar surface area (TPSA) is 13.0 Å². The van der Waals surface area contributed by atoms with Crippen molar-refractivity contribution in [3.05, 3.63) is 138 Å². The monoisotopic (exact) mass is 656 g/mol. The maximum absolute atomic E-state index is 2.40. The highest BCUT2D eigenvalue weighted by Gasteiger charge is 2.14. The third kappa shape index (κ3) is 9.38. The second kappa shape index (κ2) is 18.9. The number of benzene rings is 4. The first-order chi connectivity index (χ1) is 23.9. The molecule has 0 N–H and O–H groups in total. The summed E-state index contributed by atoms with van der Waals surface area (Å²) in [5, 5.41) is 0. The summed E-state index contributed by atoms with van der Waals surface area (Å²) >= 11 is 0. The number of hydrogen-bond acceptors (Lipinski definition) is 4. The Morgan fingerprint density at radius 2 is 0.673 bits per heavy atom. The minimum Gasteiger partial charge on any atom is -0.372 e. The zero-order valence-corrected chi connectivity index (χ0v) is 31.5. The molecule has 49 heavy (non-hydrogen) atoms. The van der Waals surface area contributed by atoms with E-state index in [4.69, 9.17) is 0 Å². The molecule has 4 aromatic rings. The first-order valence-electron chi connectivity index (χ1n) is 18.7. The second-order valence-corrected chi connectivity index (χ2v) is 12.4. The Hall–Kier alpha value is -4.44. The summed E-state index contributed by atoms with van der Waals surface area (Å²) in [6, 6.07) is 36.5. The Kier molecular flexibility index (Phi) is 14.4. The minimum absolute atomic E-state index is 0.129. The maximum atomic E-state index is 2.40. The fourth-order valence-corrected chi connectivity index (χ4v) is 6.88. The molecule has 4 heteroatoms. The molecule has 0 bridgehead atoms. The highest BCUT2D eigenvalue weighted by atomic mass is 15.1. The Balaban J connectivity index is 1.78. The average Bonchev–Trinajstić information content (AvgIpc) is 3.15. The third-order valence-corrected chi connectivity index (χ3v) is 9.94. The molecule has 0 saturated carbocycles. The van der Waals surface area contributed by atoms with E-state index in [0.717, 1.165) is 52.4 Å². The molecule has 4 rings (SSSR count). The van der Waals surface area contributed by atoms with E-state index in [-0.39, 0.29) is 5.92 Å². The highest BCUT2D eigenvalue weighted by molar-refractivity contribution is 5.82. The summed E-state index contributed by atoms with van der Waals surface area (Å²) in [7, 11) is 0. The molecule has 4 aromatic carbocycles. The van der Waals surface area contributed by atoms with Gasteiger partial charge in [-0.25, -0.2) is 0 Å². The summed E-state index contributed by atoms with van der Waals surface area (Å²) in [5.74, 6) is 0.129. The standard InChI is InChI=1S/C45H60N4/c1-9-46(10-2)40-28-20-36(21-29-40)44(37-22-30-41(31-23-37)47(11-3)12-4)18-17-19-45(38-24-32-42(33-25-38)48(13-5)14-6)39-26-34-43(35-27-39)49(15-7)16-8/h17-35,44H,9-16H2,1-8H3/b18-17+. The first-order valence-corrected chi connectivity index (χ1v) is 18.7. The molecule has 0 radical (unpaired) electrons. The van der Waals surface area contributed by atoms with Gasteiger partial charge < -0.3 is 19.6 Å². The normalized spacial score (nSPS) is 11.2. The number of nitrogens with zero attached hydrogens (tertiary/aromatic N) is 4. The van der Waals surface area contributed by atoms with Crippen LogP contribution < -0.4 is 19.6 Å². The van der Waals surface area contributed by atoms with Gasteiger partial charge in [0.1, 0.15) is 0 Å². The summed E-state index contributed by atoms with van der Waals surface area (Å²) in [6.45, 7) is 25.8. The van der Waals surface area contributed by atoms with E-state index in [1.54, 1.807) is 0 Å². The molecule has 0 aliphatic heterocycles. The SMILES string of the molecule is CCN(CC)c1ccc(C(=C/C=C/C(c2ccc(N(CC)CC)cc2)c2ccc(N(CC)CC)cc2)c2ccc(N(CC)CC)cc2)cc1. The van der Waals surface area contributed by atoms with Crippen molar-refractivity contribution in [2.75, 3.05) is 72.0 Å². The highest BCUT2D eigenvalue weighted by Crippen LogP contribution is 2.32. The van der Waals surface area contributed by atoms with Crippen LogP contribution in [0.2, 0.25) is 0 Å². The van der Waals surface area contributed by atoms with Gasteiger partial charge in [0, 0.05) is 81.0 Å². The van der Waals surface area contributed by atoms with Crippen LogP contribution in [0.1, 0.15) is 83.6 Å². The maximum Gasteiger partial charge on any atom is 0.0366 e. The van der Waals surface area contributed by atoms with Gasteiger partial charge in [-0.15, -0.1) is 0 Å². The van der Waals surface area contributed by atoms with Gasteiger partial charge in [-0.1, -0.05) is 66.8 Å². The van der Waals surface area contributed by atoms with Gasteiger partial charge in [-0.3, -0.25) is 0 Å². The Labute approximate surface area is 298 Å². The fourth-order valence-electron chi connectivity index (χ4n) is 6.88. The van der Waals surface area contributed by atoms with Crippen LogP contribution in [0.5, 0.6) is 0 Å². The van der Waals surface area contributed by atoms with Crippen molar-refractivity contribution >= 4 is 28.3 Å². The van der Waals surface area contributed by atoms with E-state index in [2.05, 4.69) is 190 Å². The van der Waals surface area contributed by atoms with Crippen molar-refractivity contribution in [2.24, 2.45) is 0 Å². The smallest absolute Gasteiger partial charge is 0.0366 e. The molecule has 0 amide bonds. The lowest BCUT2D eigenvalue weighted by Gasteiger charge is -2.23. The van der Waals surface area contributed by atoms with Crippen molar-refractivity contribution in [3.63, 3.8) is 0 Å². The van der Waals surface area contributed by atoms with Crippen molar-refractivity contribution < 1.29 is 0 Å². The van der Waals surface area contributed by atoms with E-state index in [1.807, 2.05) is 0 Å². The molecule has 0 fully saturated rings. The molecule has 0 aromatic heterocycles. The zero-order chi connectivity index (χ0) is 35.2. The van der Waals surface area contributed by atoms with E-state index in [0.29, 0.717) is 0 Å². The lowest BCUT2D eigenvalue weighted by Crippen LogP contribution is -2.21. The zero-order valence-electron chi connectivity index (χ0n) is 31.5. The largest absolute Gasteiger partial charge is 0.372 e. The van der Waals surface area contributed by atoms with Gasteiger partial charge in [0.2, 0.25) is 0 Å². The molecular formula is C45H60N4. The van der Waals surface area contributed by atoms with Crippen LogP contribution in [0.4, 0.5) is 22.7 Å². The van der Waals surface area contributed by atoms with Crippen LogP contribution >= 0.6 is 0 Å². The number of rotatable bonds is 18. The van der Waals surface area contributed by atoms with Gasteiger partial charge in [0.05, 0.1) is 0 Å². The number of anilines is 4. The molecular weight excluding hydrogens is 597 g/mol. The van der Waals surface area contributed by atoms with Crippen molar-refractivity contribution in [1.29, 1.82) is 0 Å². The van der Waals surface area contributed by atoms with Gasteiger partial charge in [0.25, 0.3) is 0 Å². The molecule has 4 nitrogen and oxygen atoms in total. The number of hydrogen-bond donors (Lipinski definition) is 0. The summed E-state index contributed by atoms with van der Waals surface area (Å²) in [4.78, 5) is 9.60. The van der Waals surface area contributed by atoms with Crippen LogP contribution in [-0.2, 0) is 0 Å².